The first-order chi connectivity index (χ1) is 14.3. The van der Waals surface area contributed by atoms with Crippen LogP contribution in [0.1, 0.15) is 23.2 Å². The van der Waals surface area contributed by atoms with Gasteiger partial charge in [-0.05, 0) is 32.3 Å². The number of nitrogens with one attached hydrogen (secondary N) is 2. The van der Waals surface area contributed by atoms with Crippen LogP contribution in [0.15, 0.2) is 52.8 Å². The van der Waals surface area contributed by atoms with Gasteiger partial charge in [0, 0.05) is 24.4 Å². The Labute approximate surface area is 179 Å². The smallest absolute Gasteiger partial charge is 0.274 e. The Morgan fingerprint density at radius 1 is 1.30 bits per heavy atom. The summed E-state index contributed by atoms with van der Waals surface area (Å²) >= 11 is 1.63. The fraction of sp³-hybridized carbons (Fsp3) is 0.400. The van der Waals surface area contributed by atoms with Gasteiger partial charge in [0.2, 0.25) is 0 Å². The molecule has 2 rings (SSSR count). The molecule has 0 fully saturated rings. The molecule has 0 aliphatic carbocycles. The van der Waals surface area contributed by atoms with Crippen molar-refractivity contribution in [3.63, 3.8) is 0 Å². The maximum Gasteiger partial charge on any atom is 0.274 e. The van der Waals surface area contributed by atoms with Gasteiger partial charge in [-0.1, -0.05) is 18.2 Å². The molecule has 10 heteroatoms. The highest BCUT2D eigenvalue weighted by atomic mass is 32.2. The average Bonchev–Trinajstić information content (AvgIpc) is 3.11. The lowest BCUT2D eigenvalue weighted by atomic mass is 10.1. The molecule has 0 radical (unpaired) electrons. The summed E-state index contributed by atoms with van der Waals surface area (Å²) in [5.41, 5.74) is 0.132. The first kappa shape index (κ1) is 23.7. The quantitative estimate of drug-likeness (QED) is 0.249. The molecule has 1 atom stereocenters. The van der Waals surface area contributed by atoms with Gasteiger partial charge in [-0.25, -0.2) is 4.39 Å². The van der Waals surface area contributed by atoms with Crippen molar-refractivity contribution in [1.82, 2.24) is 15.5 Å². The van der Waals surface area contributed by atoms with Crippen LogP contribution < -0.4 is 10.6 Å². The van der Waals surface area contributed by atoms with Crippen LogP contribution in [0.2, 0.25) is 0 Å². The Hall–Kier alpha value is -2.56. The molecule has 0 amide bonds. The van der Waals surface area contributed by atoms with Gasteiger partial charge in [0.25, 0.3) is 6.20 Å². The third-order valence-corrected chi connectivity index (χ3v) is 4.96. The summed E-state index contributed by atoms with van der Waals surface area (Å²) in [5.74, 6) is 2.80. The van der Waals surface area contributed by atoms with E-state index in [0.29, 0.717) is 18.1 Å². The monoisotopic (exact) mass is 438 g/mol. The molecule has 2 aromatic rings. The van der Waals surface area contributed by atoms with Gasteiger partial charge in [-0.2, -0.15) is 11.8 Å². The van der Waals surface area contributed by atoms with Crippen molar-refractivity contribution in [3.05, 3.63) is 81.4 Å². The van der Waals surface area contributed by atoms with E-state index in [1.165, 1.54) is 18.2 Å². The first-order valence-corrected chi connectivity index (χ1v) is 10.6. The fourth-order valence-corrected chi connectivity index (χ4v) is 3.40. The first-order valence-electron chi connectivity index (χ1n) is 9.40. The van der Waals surface area contributed by atoms with Crippen molar-refractivity contribution in [2.45, 2.75) is 18.4 Å². The molecule has 0 saturated carbocycles. The van der Waals surface area contributed by atoms with Gasteiger partial charge < -0.3 is 25.1 Å². The summed E-state index contributed by atoms with van der Waals surface area (Å²) in [6.45, 7) is 1.14. The van der Waals surface area contributed by atoms with Crippen LogP contribution >= 0.6 is 11.8 Å². The molecule has 1 aromatic heterocycles. The molecule has 0 saturated heterocycles. The highest BCUT2D eigenvalue weighted by Gasteiger charge is 2.13. The van der Waals surface area contributed by atoms with E-state index in [9.17, 15) is 19.6 Å². The van der Waals surface area contributed by atoms with Gasteiger partial charge in [0.15, 0.2) is 5.82 Å². The van der Waals surface area contributed by atoms with Crippen LogP contribution in [0, 0.1) is 15.9 Å². The standard InChI is InChI=1S/C20H27FN4O4S/c1-24(2)12-15-7-8-16(29-15)14-30-10-9-22-20(13-25(27)28)23-11-19(26)17-5-3-4-6-18(17)21/h3-8,13,19,22-23,26H,9-12,14H2,1-2H3. The zero-order chi connectivity index (χ0) is 21.9. The Bertz CT molecular complexity index is 844. The third-order valence-electron chi connectivity index (χ3n) is 3.98. The number of thioether (sulfide) groups is 1. The number of hydrogen-bond donors (Lipinski definition) is 3. The Morgan fingerprint density at radius 2 is 2.03 bits per heavy atom. The topological polar surface area (TPSA) is 104 Å². The fourth-order valence-electron chi connectivity index (χ4n) is 2.65. The van der Waals surface area contributed by atoms with Crippen LogP contribution in [0.5, 0.6) is 0 Å². The molecule has 0 aliphatic heterocycles. The minimum absolute atomic E-state index is 0.0677. The minimum Gasteiger partial charge on any atom is -0.464 e. The van der Waals surface area contributed by atoms with Crippen LogP contribution in [0.25, 0.3) is 0 Å². The van der Waals surface area contributed by atoms with E-state index in [0.717, 1.165) is 24.3 Å². The van der Waals surface area contributed by atoms with Crippen molar-refractivity contribution < 1.29 is 18.8 Å². The number of furan rings is 1. The number of hydrogen-bond acceptors (Lipinski definition) is 8. The summed E-state index contributed by atoms with van der Waals surface area (Å²) in [7, 11) is 3.95. The van der Waals surface area contributed by atoms with E-state index in [4.69, 9.17) is 4.42 Å². The molecule has 1 unspecified atom stereocenters. The lowest BCUT2D eigenvalue weighted by molar-refractivity contribution is -0.404. The number of benzene rings is 1. The Morgan fingerprint density at radius 3 is 2.73 bits per heavy atom. The van der Waals surface area contributed by atoms with E-state index < -0.39 is 16.8 Å². The lowest BCUT2D eigenvalue weighted by Crippen LogP contribution is -2.32. The van der Waals surface area contributed by atoms with Crippen molar-refractivity contribution in [3.8, 4) is 0 Å². The number of nitrogens with zero attached hydrogens (tertiary/aromatic N) is 2. The van der Waals surface area contributed by atoms with Crippen molar-refractivity contribution in [2.24, 2.45) is 0 Å². The SMILES string of the molecule is CN(C)Cc1ccc(CSCCNC(=C[N+](=O)[O-])NCC(O)c2ccccc2F)o1. The third kappa shape index (κ3) is 8.44. The number of aliphatic hydroxyl groups excluding tert-OH is 1. The zero-order valence-corrected chi connectivity index (χ0v) is 17.8. The highest BCUT2D eigenvalue weighted by Crippen LogP contribution is 2.17. The molecule has 0 spiro atoms. The molecular weight excluding hydrogens is 411 g/mol. The molecule has 164 valence electrons. The molecule has 3 N–H and O–H groups in total. The van der Waals surface area contributed by atoms with Crippen LogP contribution in [0.4, 0.5) is 4.39 Å². The van der Waals surface area contributed by atoms with E-state index in [1.807, 2.05) is 31.1 Å². The summed E-state index contributed by atoms with van der Waals surface area (Å²) in [6.07, 6.45) is -0.341. The minimum atomic E-state index is -1.13. The van der Waals surface area contributed by atoms with Gasteiger partial charge in [0.1, 0.15) is 17.3 Å². The molecular formula is C20H27FN4O4S. The normalized spacial score (nSPS) is 12.8. The lowest BCUT2D eigenvalue weighted by Gasteiger charge is -2.16. The second-order valence-corrected chi connectivity index (χ2v) is 7.94. The molecule has 1 aromatic carbocycles. The van der Waals surface area contributed by atoms with Crippen molar-refractivity contribution >= 4 is 11.8 Å². The molecule has 1 heterocycles. The summed E-state index contributed by atoms with van der Waals surface area (Å²) in [6, 6.07) is 9.78. The summed E-state index contributed by atoms with van der Waals surface area (Å²) < 4.78 is 19.5. The van der Waals surface area contributed by atoms with Gasteiger partial charge >= 0.3 is 0 Å². The van der Waals surface area contributed by atoms with Crippen molar-refractivity contribution in [1.29, 1.82) is 0 Å². The van der Waals surface area contributed by atoms with Crippen molar-refractivity contribution in [2.75, 3.05) is 32.9 Å². The largest absolute Gasteiger partial charge is 0.464 e. The van der Waals surface area contributed by atoms with Gasteiger partial charge in [0.05, 0.1) is 23.3 Å². The van der Waals surface area contributed by atoms with E-state index in [2.05, 4.69) is 10.6 Å². The Balaban J connectivity index is 1.75. The number of aliphatic hydroxyl groups is 1. The molecule has 8 nitrogen and oxygen atoms in total. The molecule has 0 aliphatic rings. The van der Waals surface area contributed by atoms with E-state index in [-0.39, 0.29) is 17.9 Å². The zero-order valence-electron chi connectivity index (χ0n) is 17.0. The predicted octanol–water partition coefficient (Wildman–Crippen LogP) is 2.70. The maximum absolute atomic E-state index is 13.7. The van der Waals surface area contributed by atoms with Gasteiger partial charge in [-0.3, -0.25) is 10.1 Å². The number of rotatable bonds is 13. The maximum atomic E-state index is 13.7. The number of nitro groups is 1. The molecule has 0 bridgehead atoms. The average molecular weight is 439 g/mol. The molecule has 30 heavy (non-hydrogen) atoms. The highest BCUT2D eigenvalue weighted by molar-refractivity contribution is 7.98. The second-order valence-electron chi connectivity index (χ2n) is 6.83. The van der Waals surface area contributed by atoms with Crippen LogP contribution in [-0.2, 0) is 12.3 Å². The Kier molecular flexibility index (Phi) is 9.65. The summed E-state index contributed by atoms with van der Waals surface area (Å²) in [5, 5.41) is 26.7. The second kappa shape index (κ2) is 12.2. The van der Waals surface area contributed by atoms with Crippen LogP contribution in [-0.4, -0.2) is 47.9 Å². The van der Waals surface area contributed by atoms with E-state index >= 15 is 0 Å². The van der Waals surface area contributed by atoms with Gasteiger partial charge in [-0.15, -0.1) is 0 Å². The predicted molar refractivity (Wildman–Crippen MR) is 115 cm³/mol. The summed E-state index contributed by atoms with van der Waals surface area (Å²) in [4.78, 5) is 12.3. The van der Waals surface area contributed by atoms with E-state index in [1.54, 1.807) is 17.8 Å². The van der Waals surface area contributed by atoms with Crippen LogP contribution in [0.3, 0.4) is 0 Å². The number of halogens is 1.